The lowest BCUT2D eigenvalue weighted by Crippen LogP contribution is -2.12. The Balaban J connectivity index is 1.83. The summed E-state index contributed by atoms with van der Waals surface area (Å²) in [6, 6.07) is 10.5. The van der Waals surface area contributed by atoms with E-state index in [4.69, 9.17) is 11.6 Å². The van der Waals surface area contributed by atoms with Crippen molar-refractivity contribution in [3.63, 3.8) is 0 Å². The van der Waals surface area contributed by atoms with Crippen molar-refractivity contribution < 1.29 is 9.72 Å². The minimum atomic E-state index is -0.581. The molecule has 0 saturated heterocycles. The number of aromatic nitrogens is 4. The Hall–Kier alpha value is -3.33. The Labute approximate surface area is 139 Å². The van der Waals surface area contributed by atoms with Crippen LogP contribution in [0.1, 0.15) is 10.4 Å². The van der Waals surface area contributed by atoms with Crippen molar-refractivity contribution in [1.29, 1.82) is 0 Å². The van der Waals surface area contributed by atoms with Crippen LogP contribution in [0, 0.1) is 10.1 Å². The second-order valence-corrected chi connectivity index (χ2v) is 5.10. The standard InChI is InChI=1S/C14H9ClN6O3/c15-12-7-10(21(23)24)4-5-11(12)14(22)16-9-3-1-2-8(6-9)13-17-19-20-18-13/h1-7H,(H,16,22)(H,17,18,19,20). The number of hydrogen-bond acceptors (Lipinski definition) is 6. The Bertz CT molecular complexity index is 913. The van der Waals surface area contributed by atoms with Crippen LogP contribution in [0.2, 0.25) is 5.02 Å². The van der Waals surface area contributed by atoms with Gasteiger partial charge in [0.15, 0.2) is 0 Å². The number of halogens is 1. The van der Waals surface area contributed by atoms with E-state index < -0.39 is 10.8 Å². The maximum absolute atomic E-state index is 12.3. The summed E-state index contributed by atoms with van der Waals surface area (Å²) in [6.07, 6.45) is 0. The SMILES string of the molecule is O=C(Nc1cccc(-c2nn[nH]n2)c1)c1ccc([N+](=O)[O-])cc1Cl. The highest BCUT2D eigenvalue weighted by molar-refractivity contribution is 6.34. The van der Waals surface area contributed by atoms with Gasteiger partial charge in [0.05, 0.1) is 15.5 Å². The molecule has 0 spiro atoms. The quantitative estimate of drug-likeness (QED) is 0.553. The molecule has 1 heterocycles. The molecular weight excluding hydrogens is 336 g/mol. The van der Waals surface area contributed by atoms with E-state index in [0.717, 1.165) is 6.07 Å². The van der Waals surface area contributed by atoms with E-state index in [1.54, 1.807) is 24.3 Å². The van der Waals surface area contributed by atoms with E-state index >= 15 is 0 Å². The predicted molar refractivity (Wildman–Crippen MR) is 85.7 cm³/mol. The Morgan fingerprint density at radius 2 is 2.08 bits per heavy atom. The molecular formula is C14H9ClN6O3. The lowest BCUT2D eigenvalue weighted by molar-refractivity contribution is -0.384. The third kappa shape index (κ3) is 3.20. The van der Waals surface area contributed by atoms with E-state index in [0.29, 0.717) is 17.1 Å². The molecule has 10 heteroatoms. The summed E-state index contributed by atoms with van der Waals surface area (Å²) in [6.45, 7) is 0. The number of nitrogens with zero attached hydrogens (tertiary/aromatic N) is 4. The van der Waals surface area contributed by atoms with Crippen molar-refractivity contribution in [2.75, 3.05) is 5.32 Å². The summed E-state index contributed by atoms with van der Waals surface area (Å²) in [5.74, 6) is -0.0976. The highest BCUT2D eigenvalue weighted by Gasteiger charge is 2.15. The van der Waals surface area contributed by atoms with E-state index in [1.165, 1.54) is 12.1 Å². The molecule has 9 nitrogen and oxygen atoms in total. The number of hydrogen-bond donors (Lipinski definition) is 2. The number of amides is 1. The molecule has 0 saturated carbocycles. The normalized spacial score (nSPS) is 10.4. The molecule has 0 bridgehead atoms. The summed E-state index contributed by atoms with van der Waals surface area (Å²) >= 11 is 5.95. The van der Waals surface area contributed by atoms with Crippen LogP contribution in [0.5, 0.6) is 0 Å². The minimum absolute atomic E-state index is 0.00368. The van der Waals surface area contributed by atoms with E-state index in [2.05, 4.69) is 25.9 Å². The van der Waals surface area contributed by atoms with E-state index in [9.17, 15) is 14.9 Å². The second-order valence-electron chi connectivity index (χ2n) is 4.69. The van der Waals surface area contributed by atoms with Gasteiger partial charge in [-0.3, -0.25) is 14.9 Å². The third-order valence-electron chi connectivity index (χ3n) is 3.13. The molecule has 0 aliphatic carbocycles. The molecule has 1 aromatic heterocycles. The number of benzene rings is 2. The van der Waals surface area contributed by atoms with E-state index in [-0.39, 0.29) is 16.3 Å². The Morgan fingerprint density at radius 1 is 1.25 bits per heavy atom. The summed E-state index contributed by atoms with van der Waals surface area (Å²) in [5, 5.41) is 26.9. The molecule has 3 rings (SSSR count). The van der Waals surface area contributed by atoms with Crippen LogP contribution in [0.3, 0.4) is 0 Å². The van der Waals surface area contributed by atoms with Crippen molar-refractivity contribution in [2.24, 2.45) is 0 Å². The van der Waals surface area contributed by atoms with Crippen molar-refractivity contribution >= 4 is 28.9 Å². The zero-order chi connectivity index (χ0) is 17.1. The number of tetrazole rings is 1. The molecule has 0 aliphatic rings. The van der Waals surface area contributed by atoms with Gasteiger partial charge >= 0.3 is 0 Å². The number of H-pyrrole nitrogens is 1. The fraction of sp³-hybridized carbons (Fsp3) is 0. The smallest absolute Gasteiger partial charge is 0.270 e. The molecule has 120 valence electrons. The van der Waals surface area contributed by atoms with Crippen LogP contribution in [-0.4, -0.2) is 31.5 Å². The summed E-state index contributed by atoms with van der Waals surface area (Å²) in [7, 11) is 0. The summed E-state index contributed by atoms with van der Waals surface area (Å²) in [4.78, 5) is 22.4. The van der Waals surface area contributed by atoms with Gasteiger partial charge in [-0.2, -0.15) is 5.21 Å². The molecule has 0 aliphatic heterocycles. The molecule has 3 aromatic rings. The van der Waals surface area contributed by atoms with Crippen LogP contribution in [0.15, 0.2) is 42.5 Å². The second kappa shape index (κ2) is 6.42. The molecule has 2 N–H and O–H groups in total. The van der Waals surface area contributed by atoms with Gasteiger partial charge in [-0.25, -0.2) is 0 Å². The fourth-order valence-corrected chi connectivity index (χ4v) is 2.28. The highest BCUT2D eigenvalue weighted by atomic mass is 35.5. The molecule has 0 unspecified atom stereocenters. The van der Waals surface area contributed by atoms with Crippen molar-refractivity contribution in [3.8, 4) is 11.4 Å². The first-order chi connectivity index (χ1) is 11.5. The number of nitro groups is 1. The number of aromatic amines is 1. The Morgan fingerprint density at radius 3 is 2.75 bits per heavy atom. The summed E-state index contributed by atoms with van der Waals surface area (Å²) < 4.78 is 0. The van der Waals surface area contributed by atoms with Crippen LogP contribution in [0.25, 0.3) is 11.4 Å². The van der Waals surface area contributed by atoms with Crippen LogP contribution in [-0.2, 0) is 0 Å². The lowest BCUT2D eigenvalue weighted by Gasteiger charge is -2.07. The first kappa shape index (κ1) is 15.6. The zero-order valence-electron chi connectivity index (χ0n) is 11.9. The minimum Gasteiger partial charge on any atom is -0.322 e. The average Bonchev–Trinajstić information content (AvgIpc) is 3.09. The maximum Gasteiger partial charge on any atom is 0.270 e. The predicted octanol–water partition coefficient (Wildman–Crippen LogP) is 2.68. The number of rotatable bonds is 4. The van der Waals surface area contributed by atoms with Gasteiger partial charge in [0.1, 0.15) is 0 Å². The molecule has 2 aromatic carbocycles. The van der Waals surface area contributed by atoms with Crippen LogP contribution < -0.4 is 5.32 Å². The van der Waals surface area contributed by atoms with Crippen LogP contribution in [0.4, 0.5) is 11.4 Å². The summed E-state index contributed by atoms with van der Waals surface area (Å²) in [5.41, 5.74) is 1.11. The van der Waals surface area contributed by atoms with Gasteiger partial charge in [0, 0.05) is 23.4 Å². The number of non-ortho nitro benzene ring substituents is 1. The molecule has 24 heavy (non-hydrogen) atoms. The number of carbonyl (C=O) groups is 1. The van der Waals surface area contributed by atoms with Gasteiger partial charge in [-0.15, -0.1) is 10.2 Å². The van der Waals surface area contributed by atoms with E-state index in [1.807, 2.05) is 0 Å². The van der Waals surface area contributed by atoms with Gasteiger partial charge in [-0.1, -0.05) is 23.7 Å². The van der Waals surface area contributed by atoms with Crippen molar-refractivity contribution in [2.45, 2.75) is 0 Å². The average molecular weight is 345 g/mol. The van der Waals surface area contributed by atoms with Gasteiger partial charge in [-0.05, 0) is 23.4 Å². The molecule has 1 amide bonds. The molecule has 0 radical (unpaired) electrons. The van der Waals surface area contributed by atoms with Crippen molar-refractivity contribution in [1.82, 2.24) is 20.6 Å². The van der Waals surface area contributed by atoms with Gasteiger partial charge < -0.3 is 5.32 Å². The zero-order valence-corrected chi connectivity index (χ0v) is 12.7. The Kier molecular flexibility index (Phi) is 4.17. The highest BCUT2D eigenvalue weighted by Crippen LogP contribution is 2.24. The van der Waals surface area contributed by atoms with Crippen LogP contribution >= 0.6 is 11.6 Å². The molecule has 0 fully saturated rings. The fourth-order valence-electron chi connectivity index (χ4n) is 2.02. The first-order valence-electron chi connectivity index (χ1n) is 6.64. The third-order valence-corrected chi connectivity index (χ3v) is 3.44. The number of nitrogens with one attached hydrogen (secondary N) is 2. The maximum atomic E-state index is 12.3. The lowest BCUT2D eigenvalue weighted by atomic mass is 10.1. The number of anilines is 1. The first-order valence-corrected chi connectivity index (χ1v) is 7.01. The van der Waals surface area contributed by atoms with Gasteiger partial charge in [0.25, 0.3) is 11.6 Å². The van der Waals surface area contributed by atoms with Gasteiger partial charge in [0.2, 0.25) is 5.82 Å². The van der Waals surface area contributed by atoms with Crippen molar-refractivity contribution in [3.05, 3.63) is 63.2 Å². The number of nitro benzene ring substituents is 1. The monoisotopic (exact) mass is 344 g/mol. The molecule has 0 atom stereocenters. The topological polar surface area (TPSA) is 127 Å². The number of carbonyl (C=O) groups excluding carboxylic acids is 1. The largest absolute Gasteiger partial charge is 0.322 e.